The second-order valence-corrected chi connectivity index (χ2v) is 13.9. The number of β-lactam (4-membered cyclic amide) rings is 1. The van der Waals surface area contributed by atoms with Gasteiger partial charge in [-0.3, -0.25) is 33.8 Å². The summed E-state index contributed by atoms with van der Waals surface area (Å²) in [5.74, 6) is -3.29. The van der Waals surface area contributed by atoms with Gasteiger partial charge in [0.2, 0.25) is 34.7 Å². The molecule has 1 heterocycles. The first-order valence-corrected chi connectivity index (χ1v) is 18.4. The number of nitrogens with one attached hydrogen (secondary N) is 4. The first kappa shape index (κ1) is 42.4. The van der Waals surface area contributed by atoms with Gasteiger partial charge in [0.05, 0.1) is 6.54 Å². The number of phenols is 3. The van der Waals surface area contributed by atoms with Crippen molar-refractivity contribution in [2.24, 2.45) is 22.2 Å². The minimum atomic E-state index is -1.42. The predicted molar refractivity (Wildman–Crippen MR) is 207 cm³/mol. The summed E-state index contributed by atoms with van der Waals surface area (Å²) < 4.78 is 0. The number of aromatic hydroxyl groups is 3. The Morgan fingerprint density at radius 2 is 1.38 bits per heavy atom. The van der Waals surface area contributed by atoms with Crippen LogP contribution in [0, 0.1) is 0 Å². The Labute approximate surface area is 326 Å². The number of nitrogens with two attached hydrogens (primary N) is 3. The topological polar surface area (TPSA) is 305 Å². The van der Waals surface area contributed by atoms with E-state index in [1.54, 1.807) is 0 Å². The zero-order valence-corrected chi connectivity index (χ0v) is 31.2. The molecule has 0 spiro atoms. The van der Waals surface area contributed by atoms with Gasteiger partial charge in [0.25, 0.3) is 0 Å². The number of carbonyl (C=O) groups is 6. The standard InChI is InChI=1S/C37H45N9O9S/c1-20(47)41-17-18-56-36(55)31(23-8-14-26(50)15-9-23)46-19-28(35(46)54)44-34(53)30(22-6-12-25(49)13-7-22)45-32(51)27(3-2-16-42-37(39)40)43-33(52)29(38)21-4-10-24(48)11-5-21/h4-15,27-31,48-50H,2-3,16-19,38H2,1H3,(H,41,47)(H,43,52)(H,44,53)(H,45,51)(H4,39,40,42)/t27-,28-,29+,30+,31+/m0/s1. The van der Waals surface area contributed by atoms with E-state index in [1.807, 2.05) is 0 Å². The maximum atomic E-state index is 13.9. The van der Waals surface area contributed by atoms with Crippen molar-refractivity contribution >= 4 is 52.4 Å². The highest BCUT2D eigenvalue weighted by molar-refractivity contribution is 8.13. The third-order valence-electron chi connectivity index (χ3n) is 8.63. The number of nitrogens with zero attached hydrogens (tertiary/aromatic N) is 2. The van der Waals surface area contributed by atoms with E-state index in [4.69, 9.17) is 17.2 Å². The monoisotopic (exact) mass is 791 g/mol. The molecule has 4 rings (SSSR count). The van der Waals surface area contributed by atoms with Gasteiger partial charge in [-0.2, -0.15) is 0 Å². The van der Waals surface area contributed by atoms with E-state index < -0.39 is 59.0 Å². The van der Waals surface area contributed by atoms with Crippen LogP contribution in [0.2, 0.25) is 0 Å². The summed E-state index contributed by atoms with van der Waals surface area (Å²) in [6, 6.07) is 10.8. The van der Waals surface area contributed by atoms with E-state index in [9.17, 15) is 44.1 Å². The van der Waals surface area contributed by atoms with Crippen LogP contribution in [-0.4, -0.2) is 98.3 Å². The molecular weight excluding hydrogens is 747 g/mol. The lowest BCUT2D eigenvalue weighted by molar-refractivity contribution is -0.152. The molecule has 3 aromatic rings. The fourth-order valence-corrected chi connectivity index (χ4v) is 6.51. The maximum Gasteiger partial charge on any atom is 0.248 e. The lowest BCUT2D eigenvalue weighted by atomic mass is 9.98. The third kappa shape index (κ3) is 11.8. The van der Waals surface area contributed by atoms with Crippen molar-refractivity contribution in [3.8, 4) is 17.2 Å². The van der Waals surface area contributed by atoms with E-state index in [2.05, 4.69) is 26.3 Å². The summed E-state index contributed by atoms with van der Waals surface area (Å²) in [5.41, 5.74) is 18.0. The fraction of sp³-hybridized carbons (Fsp3) is 0.324. The average molecular weight is 792 g/mol. The smallest absolute Gasteiger partial charge is 0.248 e. The highest BCUT2D eigenvalue weighted by Gasteiger charge is 2.45. The molecule has 1 aliphatic heterocycles. The quantitative estimate of drug-likeness (QED) is 0.0342. The number of aliphatic imine (C=N–C) groups is 1. The number of phenolic OH excluding ortho intramolecular Hbond substituents is 3. The SMILES string of the molecule is CC(=O)NCCSC(=O)[C@@H](c1ccc(O)cc1)N1C[C@H](NC(=O)[C@H](NC(=O)[C@H](CCCN=C(N)N)NC(=O)[C@H](N)c2ccc(O)cc2)c2ccc(O)cc2)C1=O. The van der Waals surface area contributed by atoms with Crippen LogP contribution >= 0.6 is 11.8 Å². The lowest BCUT2D eigenvalue weighted by Gasteiger charge is -2.43. The molecule has 5 amide bonds. The van der Waals surface area contributed by atoms with Gasteiger partial charge in [0.15, 0.2) is 5.96 Å². The van der Waals surface area contributed by atoms with E-state index in [1.165, 1.54) is 84.6 Å². The number of hydrogen-bond donors (Lipinski definition) is 10. The molecule has 13 N–H and O–H groups in total. The van der Waals surface area contributed by atoms with Crippen molar-refractivity contribution in [1.29, 1.82) is 0 Å². The summed E-state index contributed by atoms with van der Waals surface area (Å²) in [5, 5.41) is 39.4. The third-order valence-corrected chi connectivity index (χ3v) is 9.55. The summed E-state index contributed by atoms with van der Waals surface area (Å²) >= 11 is 0.914. The molecule has 1 saturated heterocycles. The van der Waals surface area contributed by atoms with E-state index in [-0.39, 0.29) is 72.9 Å². The van der Waals surface area contributed by atoms with Crippen molar-refractivity contribution in [2.75, 3.05) is 25.4 Å². The van der Waals surface area contributed by atoms with Gasteiger partial charge in [-0.25, -0.2) is 0 Å². The minimum Gasteiger partial charge on any atom is -0.508 e. The van der Waals surface area contributed by atoms with Crippen LogP contribution in [0.5, 0.6) is 17.2 Å². The second-order valence-electron chi connectivity index (χ2n) is 12.8. The molecule has 0 radical (unpaired) electrons. The number of likely N-dealkylation sites (tertiary alicyclic amines) is 1. The van der Waals surface area contributed by atoms with Crippen molar-refractivity contribution in [2.45, 2.75) is 50.0 Å². The van der Waals surface area contributed by atoms with E-state index in [0.717, 1.165) is 11.8 Å². The highest BCUT2D eigenvalue weighted by Crippen LogP contribution is 2.33. The molecule has 0 bridgehead atoms. The summed E-state index contributed by atoms with van der Waals surface area (Å²) in [6.07, 6.45) is 0.256. The van der Waals surface area contributed by atoms with Gasteiger partial charge in [-0.1, -0.05) is 48.2 Å². The predicted octanol–water partition coefficient (Wildman–Crippen LogP) is -0.337. The Balaban J connectivity index is 1.52. The number of hydrogen-bond acceptors (Lipinski definition) is 12. The molecule has 19 heteroatoms. The molecule has 0 aliphatic carbocycles. The molecule has 0 unspecified atom stereocenters. The van der Waals surface area contributed by atoms with Crippen molar-refractivity contribution in [3.63, 3.8) is 0 Å². The summed E-state index contributed by atoms with van der Waals surface area (Å²) in [4.78, 5) is 84.4. The number of guanidine groups is 1. The Morgan fingerprint density at radius 3 is 1.91 bits per heavy atom. The van der Waals surface area contributed by atoms with Crippen LogP contribution in [0.15, 0.2) is 77.8 Å². The molecular formula is C37H45N9O9S. The molecule has 3 aromatic carbocycles. The minimum absolute atomic E-state index is 0.0200. The van der Waals surface area contributed by atoms with Crippen LogP contribution in [0.1, 0.15) is 54.6 Å². The van der Waals surface area contributed by atoms with Gasteiger partial charge in [-0.15, -0.1) is 0 Å². The number of rotatable bonds is 18. The maximum absolute atomic E-state index is 13.9. The van der Waals surface area contributed by atoms with Crippen LogP contribution in [0.3, 0.4) is 0 Å². The molecule has 0 aromatic heterocycles. The fourth-order valence-electron chi connectivity index (χ4n) is 5.68. The molecule has 298 valence electrons. The Kier molecular flexibility index (Phi) is 15.0. The van der Waals surface area contributed by atoms with Crippen molar-refractivity contribution < 1.29 is 44.1 Å². The number of carbonyl (C=O) groups excluding carboxylic acids is 6. The van der Waals surface area contributed by atoms with Gasteiger partial charge < -0.3 is 58.7 Å². The molecule has 1 fully saturated rings. The Hall–Kier alpha value is -6.34. The van der Waals surface area contributed by atoms with Gasteiger partial charge in [0.1, 0.15) is 47.5 Å². The first-order valence-electron chi connectivity index (χ1n) is 17.4. The lowest BCUT2D eigenvalue weighted by Crippen LogP contribution is -2.66. The van der Waals surface area contributed by atoms with E-state index in [0.29, 0.717) is 11.1 Å². The first-order chi connectivity index (χ1) is 26.6. The summed E-state index contributed by atoms with van der Waals surface area (Å²) in [7, 11) is 0. The second kappa shape index (κ2) is 19.8. The zero-order chi connectivity index (χ0) is 40.9. The molecule has 1 aliphatic rings. The summed E-state index contributed by atoms with van der Waals surface area (Å²) in [6.45, 7) is 1.61. The molecule has 5 atom stereocenters. The van der Waals surface area contributed by atoms with Gasteiger partial charge in [0, 0.05) is 25.8 Å². The van der Waals surface area contributed by atoms with E-state index >= 15 is 0 Å². The molecule has 56 heavy (non-hydrogen) atoms. The van der Waals surface area contributed by atoms with Crippen molar-refractivity contribution in [3.05, 3.63) is 89.5 Å². The Bertz CT molecular complexity index is 1910. The van der Waals surface area contributed by atoms with Gasteiger partial charge >= 0.3 is 0 Å². The zero-order valence-electron chi connectivity index (χ0n) is 30.4. The van der Waals surface area contributed by atoms with Crippen LogP contribution in [0.4, 0.5) is 0 Å². The number of amides is 5. The van der Waals surface area contributed by atoms with Crippen LogP contribution < -0.4 is 38.5 Å². The highest BCUT2D eigenvalue weighted by atomic mass is 32.2. The normalized spacial score (nSPS) is 15.6. The Morgan fingerprint density at radius 1 is 0.821 bits per heavy atom. The van der Waals surface area contributed by atoms with Crippen LogP contribution in [-0.2, 0) is 28.8 Å². The molecule has 18 nitrogen and oxygen atoms in total. The number of thioether (sulfide) groups is 1. The number of benzene rings is 3. The molecule has 0 saturated carbocycles. The largest absolute Gasteiger partial charge is 0.508 e. The van der Waals surface area contributed by atoms with Gasteiger partial charge in [-0.05, 0) is 65.9 Å². The average Bonchev–Trinajstić information content (AvgIpc) is 3.16. The van der Waals surface area contributed by atoms with Crippen LogP contribution in [0.25, 0.3) is 0 Å². The van der Waals surface area contributed by atoms with Crippen molar-refractivity contribution in [1.82, 2.24) is 26.2 Å².